The van der Waals surface area contributed by atoms with Gasteiger partial charge in [0.25, 0.3) is 0 Å². The van der Waals surface area contributed by atoms with Crippen molar-refractivity contribution in [2.45, 2.75) is 57.2 Å². The summed E-state index contributed by atoms with van der Waals surface area (Å²) in [6, 6.07) is 1.02. The van der Waals surface area contributed by atoms with Crippen molar-refractivity contribution >= 4 is 0 Å². The fraction of sp³-hybridized carbons (Fsp3) is 1.00. The molecule has 2 fully saturated rings. The molecular formula is C14H28N2O. The first-order valence-electron chi connectivity index (χ1n) is 7.16. The third-order valence-corrected chi connectivity index (χ3v) is 4.74. The molecule has 0 amide bonds. The lowest BCUT2D eigenvalue weighted by Crippen LogP contribution is -2.54. The van der Waals surface area contributed by atoms with E-state index in [4.69, 9.17) is 0 Å². The van der Waals surface area contributed by atoms with E-state index in [0.717, 1.165) is 25.3 Å². The maximum absolute atomic E-state index is 10.2. The highest BCUT2D eigenvalue weighted by molar-refractivity contribution is 4.89. The monoisotopic (exact) mass is 240 g/mol. The quantitative estimate of drug-likeness (QED) is 0.793. The Bertz CT molecular complexity index is 246. The number of nitrogens with zero attached hydrogens (tertiary/aromatic N) is 2. The summed E-state index contributed by atoms with van der Waals surface area (Å²) in [5, 5.41) is 10.2. The first kappa shape index (κ1) is 13.3. The van der Waals surface area contributed by atoms with Crippen LogP contribution in [0.3, 0.4) is 0 Å². The Morgan fingerprint density at radius 2 is 2.00 bits per heavy atom. The Morgan fingerprint density at radius 1 is 1.24 bits per heavy atom. The van der Waals surface area contributed by atoms with E-state index in [2.05, 4.69) is 30.8 Å². The van der Waals surface area contributed by atoms with Gasteiger partial charge in [-0.25, -0.2) is 0 Å². The summed E-state index contributed by atoms with van der Waals surface area (Å²) in [5.74, 6) is 0.771. The lowest BCUT2D eigenvalue weighted by molar-refractivity contribution is -0.0141. The molecule has 1 heterocycles. The van der Waals surface area contributed by atoms with Crippen molar-refractivity contribution in [1.29, 1.82) is 0 Å². The smallest absolute Gasteiger partial charge is 0.0695 e. The molecule has 1 saturated heterocycles. The SMILES string of the molecule is CC1CCC(O)C(N(C)C2CCCN(C)C2)C1. The molecule has 1 aliphatic heterocycles. The molecule has 4 unspecified atom stereocenters. The third kappa shape index (κ3) is 3.21. The van der Waals surface area contributed by atoms with Gasteiger partial charge in [-0.1, -0.05) is 6.92 Å². The molecule has 2 aliphatic rings. The van der Waals surface area contributed by atoms with Gasteiger partial charge in [0.15, 0.2) is 0 Å². The van der Waals surface area contributed by atoms with Gasteiger partial charge in [0.2, 0.25) is 0 Å². The lowest BCUT2D eigenvalue weighted by Gasteiger charge is -2.44. The number of aliphatic hydroxyl groups excluding tert-OH is 1. The Kier molecular flexibility index (Phi) is 4.45. The second-order valence-corrected chi connectivity index (χ2v) is 6.28. The van der Waals surface area contributed by atoms with Crippen LogP contribution in [0.5, 0.6) is 0 Å². The van der Waals surface area contributed by atoms with E-state index in [1.165, 1.54) is 25.8 Å². The van der Waals surface area contributed by atoms with E-state index >= 15 is 0 Å². The van der Waals surface area contributed by atoms with Crippen LogP contribution in [0.15, 0.2) is 0 Å². The Hall–Kier alpha value is -0.120. The van der Waals surface area contributed by atoms with Crippen molar-refractivity contribution < 1.29 is 5.11 Å². The van der Waals surface area contributed by atoms with Crippen LogP contribution in [0, 0.1) is 5.92 Å². The van der Waals surface area contributed by atoms with Crippen LogP contribution in [0.25, 0.3) is 0 Å². The first-order valence-corrected chi connectivity index (χ1v) is 7.16. The summed E-state index contributed by atoms with van der Waals surface area (Å²) in [6.07, 6.45) is 5.82. The number of hydrogen-bond donors (Lipinski definition) is 1. The fourth-order valence-corrected chi connectivity index (χ4v) is 3.51. The lowest BCUT2D eigenvalue weighted by atomic mass is 9.83. The normalized spacial score (nSPS) is 40.8. The number of aliphatic hydroxyl groups is 1. The number of rotatable bonds is 2. The van der Waals surface area contributed by atoms with E-state index in [0.29, 0.717) is 12.1 Å². The van der Waals surface area contributed by atoms with Crippen LogP contribution in [0.1, 0.15) is 39.0 Å². The molecule has 0 aromatic carbocycles. The summed E-state index contributed by atoms with van der Waals surface area (Å²) in [4.78, 5) is 4.89. The number of likely N-dealkylation sites (tertiary alicyclic amines) is 1. The molecule has 4 atom stereocenters. The van der Waals surface area contributed by atoms with Gasteiger partial charge in [0, 0.05) is 18.6 Å². The van der Waals surface area contributed by atoms with E-state index in [-0.39, 0.29) is 6.10 Å². The molecule has 100 valence electrons. The second kappa shape index (κ2) is 5.68. The van der Waals surface area contributed by atoms with Gasteiger partial charge in [-0.3, -0.25) is 4.90 Å². The minimum atomic E-state index is -0.108. The maximum Gasteiger partial charge on any atom is 0.0695 e. The predicted molar refractivity (Wildman–Crippen MR) is 71.1 cm³/mol. The molecule has 3 nitrogen and oxygen atoms in total. The van der Waals surface area contributed by atoms with Crippen molar-refractivity contribution in [3.8, 4) is 0 Å². The van der Waals surface area contributed by atoms with Crippen LogP contribution in [-0.4, -0.2) is 60.3 Å². The molecule has 3 heteroatoms. The summed E-state index contributed by atoms with van der Waals surface area (Å²) >= 11 is 0. The van der Waals surface area contributed by atoms with Crippen LogP contribution in [-0.2, 0) is 0 Å². The number of likely N-dealkylation sites (N-methyl/N-ethyl adjacent to an activating group) is 2. The van der Waals surface area contributed by atoms with Gasteiger partial charge in [-0.2, -0.15) is 0 Å². The van der Waals surface area contributed by atoms with Gasteiger partial charge >= 0.3 is 0 Å². The molecule has 1 saturated carbocycles. The molecule has 0 aromatic heterocycles. The molecule has 0 spiro atoms. The topological polar surface area (TPSA) is 26.7 Å². The van der Waals surface area contributed by atoms with Gasteiger partial charge in [-0.05, 0) is 58.7 Å². The van der Waals surface area contributed by atoms with Crippen molar-refractivity contribution in [3.05, 3.63) is 0 Å². The van der Waals surface area contributed by atoms with Crippen molar-refractivity contribution in [3.63, 3.8) is 0 Å². The molecular weight excluding hydrogens is 212 g/mol. The average molecular weight is 240 g/mol. The number of piperidine rings is 1. The van der Waals surface area contributed by atoms with Gasteiger partial charge in [0.1, 0.15) is 0 Å². The summed E-state index contributed by atoms with van der Waals surface area (Å²) in [5.41, 5.74) is 0. The largest absolute Gasteiger partial charge is 0.391 e. The van der Waals surface area contributed by atoms with Gasteiger partial charge in [-0.15, -0.1) is 0 Å². The molecule has 1 aliphatic carbocycles. The van der Waals surface area contributed by atoms with Gasteiger partial charge < -0.3 is 10.0 Å². The van der Waals surface area contributed by atoms with E-state index in [9.17, 15) is 5.11 Å². The molecule has 2 rings (SSSR count). The predicted octanol–water partition coefficient (Wildman–Crippen LogP) is 1.56. The third-order valence-electron chi connectivity index (χ3n) is 4.74. The van der Waals surface area contributed by atoms with Crippen LogP contribution in [0.2, 0.25) is 0 Å². The first-order chi connectivity index (χ1) is 8.08. The summed E-state index contributed by atoms with van der Waals surface area (Å²) in [6.45, 7) is 4.71. The minimum absolute atomic E-state index is 0.108. The zero-order valence-electron chi connectivity index (χ0n) is 11.6. The molecule has 0 aromatic rings. The van der Waals surface area contributed by atoms with Crippen molar-refractivity contribution in [2.75, 3.05) is 27.2 Å². The van der Waals surface area contributed by atoms with E-state index in [1.54, 1.807) is 0 Å². The Balaban J connectivity index is 1.95. The zero-order chi connectivity index (χ0) is 12.4. The molecule has 17 heavy (non-hydrogen) atoms. The summed E-state index contributed by atoms with van der Waals surface area (Å²) < 4.78 is 0. The van der Waals surface area contributed by atoms with Gasteiger partial charge in [0.05, 0.1) is 6.10 Å². The average Bonchev–Trinajstić information content (AvgIpc) is 2.31. The molecule has 0 bridgehead atoms. The zero-order valence-corrected chi connectivity index (χ0v) is 11.6. The second-order valence-electron chi connectivity index (χ2n) is 6.28. The maximum atomic E-state index is 10.2. The van der Waals surface area contributed by atoms with Crippen LogP contribution < -0.4 is 0 Å². The summed E-state index contributed by atoms with van der Waals surface area (Å²) in [7, 11) is 4.43. The fourth-order valence-electron chi connectivity index (χ4n) is 3.51. The van der Waals surface area contributed by atoms with E-state index in [1.807, 2.05) is 0 Å². The highest BCUT2D eigenvalue weighted by Crippen LogP contribution is 2.29. The highest BCUT2D eigenvalue weighted by atomic mass is 16.3. The molecule has 1 N–H and O–H groups in total. The van der Waals surface area contributed by atoms with Crippen molar-refractivity contribution in [1.82, 2.24) is 9.80 Å². The standard InChI is InChI=1S/C14H28N2O/c1-11-6-7-14(17)13(9-11)16(3)12-5-4-8-15(2)10-12/h11-14,17H,4-10H2,1-3H3. The molecule has 0 radical (unpaired) electrons. The van der Waals surface area contributed by atoms with E-state index < -0.39 is 0 Å². The van der Waals surface area contributed by atoms with Crippen molar-refractivity contribution in [2.24, 2.45) is 5.92 Å². The Labute approximate surface area is 106 Å². The highest BCUT2D eigenvalue weighted by Gasteiger charge is 2.34. The van der Waals surface area contributed by atoms with Crippen LogP contribution in [0.4, 0.5) is 0 Å². The Morgan fingerprint density at radius 3 is 2.71 bits per heavy atom. The minimum Gasteiger partial charge on any atom is -0.391 e. The van der Waals surface area contributed by atoms with Crippen LogP contribution >= 0.6 is 0 Å². The number of hydrogen-bond acceptors (Lipinski definition) is 3.